The van der Waals surface area contributed by atoms with E-state index in [0.717, 1.165) is 0 Å². The van der Waals surface area contributed by atoms with Crippen LogP contribution in [0.3, 0.4) is 0 Å². The maximum atomic E-state index is 9.77. The zero-order valence-electron chi connectivity index (χ0n) is 6.47. The van der Waals surface area contributed by atoms with Gasteiger partial charge in [-0.1, -0.05) is 0 Å². The maximum Gasteiger partial charge on any atom is 0.335 e. The molecule has 0 bridgehead atoms. The number of aliphatic carboxylic acids is 2. The summed E-state index contributed by atoms with van der Waals surface area (Å²) in [5.74, 6) is -3.54. The molecule has 7 nitrogen and oxygen atoms in total. The molecule has 0 aromatic carbocycles. The van der Waals surface area contributed by atoms with Crippen molar-refractivity contribution in [3.8, 4) is 0 Å². The van der Waals surface area contributed by atoms with E-state index in [-0.39, 0.29) is 35.7 Å². The third kappa shape index (κ3) is 5.47. The summed E-state index contributed by atoms with van der Waals surface area (Å²) in [7, 11) is 0. The van der Waals surface area contributed by atoms with Gasteiger partial charge in [-0.2, -0.15) is 0 Å². The molecule has 0 unspecified atom stereocenters. The van der Waals surface area contributed by atoms with E-state index >= 15 is 0 Å². The van der Waals surface area contributed by atoms with E-state index in [1.54, 1.807) is 0 Å². The molecule has 0 saturated heterocycles. The summed E-state index contributed by atoms with van der Waals surface area (Å²) in [6.45, 7) is 0. The number of hydrogen-bond donors (Lipinski definition) is 5. The molecule has 0 amide bonds. The van der Waals surface area contributed by atoms with E-state index in [1.807, 2.05) is 0 Å². The second-order valence-electron chi connectivity index (χ2n) is 1.57. The Kier molecular flexibility index (Phi) is 11.1. The van der Waals surface area contributed by atoms with Gasteiger partial charge in [-0.05, 0) is 0 Å². The summed E-state index contributed by atoms with van der Waals surface area (Å²) in [5, 5.41) is 32.5. The van der Waals surface area contributed by atoms with Crippen LogP contribution >= 0.6 is 0 Å². The van der Waals surface area contributed by atoms with Crippen molar-refractivity contribution in [3.05, 3.63) is 0 Å². The summed E-state index contributed by atoms with van der Waals surface area (Å²) < 4.78 is 0. The van der Waals surface area contributed by atoms with Crippen LogP contribution in [0.4, 0.5) is 0 Å². The van der Waals surface area contributed by atoms with Crippen LogP contribution in [0.2, 0.25) is 0 Å². The zero-order valence-corrected chi connectivity index (χ0v) is 8.47. The Balaban J connectivity index is -0.000000405. The zero-order chi connectivity index (χ0) is 8.31. The molecule has 0 heterocycles. The normalized spacial score (nSPS) is 13.2. The molecule has 0 aromatic heterocycles. The fourth-order valence-corrected chi connectivity index (χ4v) is 0.270. The van der Waals surface area contributed by atoms with Crippen LogP contribution in [0.15, 0.2) is 0 Å². The number of carboxylic acid groups (broad SMARTS) is 2. The molecular formula is C4H9NNaO6. The monoisotopic (exact) mass is 190 g/mol. The fourth-order valence-electron chi connectivity index (χ4n) is 0.270. The molecule has 0 rings (SSSR count). The second kappa shape index (κ2) is 7.47. The second-order valence-corrected chi connectivity index (χ2v) is 1.57. The maximum absolute atomic E-state index is 9.77. The SMILES string of the molecule is N.O=C(O)[C@H](O)[C@@H](O)C(=O)O.[Na]. The average Bonchev–Trinajstić information content (AvgIpc) is 1.84. The van der Waals surface area contributed by atoms with E-state index in [2.05, 4.69) is 0 Å². The Bertz CT molecular complexity index is 144. The van der Waals surface area contributed by atoms with E-state index in [1.165, 1.54) is 0 Å². The first-order valence-corrected chi connectivity index (χ1v) is 2.28. The van der Waals surface area contributed by atoms with Gasteiger partial charge in [0.1, 0.15) is 0 Å². The summed E-state index contributed by atoms with van der Waals surface area (Å²) in [6.07, 6.45) is -4.53. The van der Waals surface area contributed by atoms with Crippen molar-refractivity contribution < 1.29 is 30.0 Å². The largest absolute Gasteiger partial charge is 0.479 e. The standard InChI is InChI=1S/C4H6O6.H3N.Na/c5-1(3(7)8)2(6)4(9)10;;/h1-2,5-6H,(H,7,8)(H,9,10);1H3;/t1-,2-;;/m1../s1. The molecule has 12 heavy (non-hydrogen) atoms. The van der Waals surface area contributed by atoms with E-state index in [9.17, 15) is 9.59 Å². The molecule has 7 N–H and O–H groups in total. The van der Waals surface area contributed by atoms with Crippen molar-refractivity contribution in [2.24, 2.45) is 0 Å². The Morgan fingerprint density at radius 2 is 1.08 bits per heavy atom. The van der Waals surface area contributed by atoms with Gasteiger partial charge in [-0.25, -0.2) is 9.59 Å². The Labute approximate surface area is 89.9 Å². The van der Waals surface area contributed by atoms with Crippen molar-refractivity contribution in [2.45, 2.75) is 12.2 Å². The Hall–Kier alpha value is -0.180. The van der Waals surface area contributed by atoms with Crippen LogP contribution in [0.1, 0.15) is 0 Å². The van der Waals surface area contributed by atoms with Crippen LogP contribution in [0, 0.1) is 0 Å². The van der Waals surface area contributed by atoms with Gasteiger partial charge in [0.25, 0.3) is 0 Å². The number of carboxylic acids is 2. The minimum atomic E-state index is -2.27. The van der Waals surface area contributed by atoms with Gasteiger partial charge in [-0.15, -0.1) is 0 Å². The molecule has 0 fully saturated rings. The Morgan fingerprint density at radius 1 is 0.917 bits per heavy atom. The summed E-state index contributed by atoms with van der Waals surface area (Å²) in [4.78, 5) is 19.5. The molecule has 0 spiro atoms. The smallest absolute Gasteiger partial charge is 0.335 e. The van der Waals surface area contributed by atoms with Gasteiger partial charge < -0.3 is 26.6 Å². The molecular weight excluding hydrogens is 181 g/mol. The van der Waals surface area contributed by atoms with Gasteiger partial charge in [0, 0.05) is 29.6 Å². The van der Waals surface area contributed by atoms with E-state index in [0.29, 0.717) is 0 Å². The Morgan fingerprint density at radius 3 is 1.17 bits per heavy atom. The van der Waals surface area contributed by atoms with Crippen LogP contribution < -0.4 is 6.15 Å². The van der Waals surface area contributed by atoms with Crippen molar-refractivity contribution in [2.75, 3.05) is 0 Å². The number of aliphatic hydroxyl groups is 2. The topological polar surface area (TPSA) is 150 Å². The van der Waals surface area contributed by atoms with Crippen molar-refractivity contribution in [3.63, 3.8) is 0 Å². The van der Waals surface area contributed by atoms with Crippen LogP contribution in [0.5, 0.6) is 0 Å². The summed E-state index contributed by atoms with van der Waals surface area (Å²) in [6, 6.07) is 0. The van der Waals surface area contributed by atoms with E-state index in [4.69, 9.17) is 20.4 Å². The van der Waals surface area contributed by atoms with Crippen LogP contribution in [0.25, 0.3) is 0 Å². The summed E-state index contributed by atoms with van der Waals surface area (Å²) >= 11 is 0. The number of hydrogen-bond acceptors (Lipinski definition) is 5. The van der Waals surface area contributed by atoms with E-state index < -0.39 is 24.1 Å². The fraction of sp³-hybridized carbons (Fsp3) is 0.500. The molecule has 0 aromatic rings. The van der Waals surface area contributed by atoms with Crippen molar-refractivity contribution in [1.29, 1.82) is 0 Å². The van der Waals surface area contributed by atoms with Gasteiger partial charge in [0.15, 0.2) is 12.2 Å². The first-order chi connectivity index (χ1) is 4.46. The first-order valence-electron chi connectivity index (χ1n) is 2.28. The van der Waals surface area contributed by atoms with Crippen LogP contribution in [-0.4, -0.2) is 74.1 Å². The van der Waals surface area contributed by atoms with Gasteiger partial charge in [-0.3, -0.25) is 0 Å². The molecule has 67 valence electrons. The predicted octanol–water partition coefficient (Wildman–Crippen LogP) is -2.34. The number of rotatable bonds is 3. The molecule has 0 aliphatic heterocycles. The molecule has 0 saturated carbocycles. The average molecular weight is 190 g/mol. The molecule has 0 aliphatic rings. The van der Waals surface area contributed by atoms with Gasteiger partial charge in [0.2, 0.25) is 0 Å². The van der Waals surface area contributed by atoms with Crippen molar-refractivity contribution >= 4 is 41.5 Å². The predicted molar refractivity (Wildman–Crippen MR) is 38.1 cm³/mol. The van der Waals surface area contributed by atoms with Gasteiger partial charge in [0.05, 0.1) is 0 Å². The summed E-state index contributed by atoms with van der Waals surface area (Å²) in [5.41, 5.74) is 0. The molecule has 0 aliphatic carbocycles. The van der Waals surface area contributed by atoms with Crippen molar-refractivity contribution in [1.82, 2.24) is 6.15 Å². The third-order valence-electron chi connectivity index (χ3n) is 0.805. The minimum absolute atomic E-state index is 0. The third-order valence-corrected chi connectivity index (χ3v) is 0.805. The number of carbonyl (C=O) groups is 2. The molecule has 2 atom stereocenters. The first kappa shape index (κ1) is 17.8. The van der Waals surface area contributed by atoms with Crippen LogP contribution in [-0.2, 0) is 9.59 Å². The minimum Gasteiger partial charge on any atom is -0.479 e. The molecule has 1 radical (unpaired) electrons. The van der Waals surface area contributed by atoms with Gasteiger partial charge >= 0.3 is 11.9 Å². The quantitative estimate of drug-likeness (QED) is 0.313. The molecule has 8 heteroatoms. The number of aliphatic hydroxyl groups excluding tert-OH is 2.